The smallest absolute Gasteiger partial charge is 0.272 e. The van der Waals surface area contributed by atoms with Crippen molar-refractivity contribution in [1.82, 2.24) is 14.7 Å². The summed E-state index contributed by atoms with van der Waals surface area (Å²) in [5, 5.41) is 7.16. The van der Waals surface area contributed by atoms with Crippen LogP contribution in [0.4, 0.5) is 5.69 Å². The number of nitrogens with one attached hydrogen (secondary N) is 1. The van der Waals surface area contributed by atoms with Gasteiger partial charge in [-0.15, -0.1) is 0 Å². The molecule has 1 amide bonds. The Hall–Kier alpha value is -2.60. The van der Waals surface area contributed by atoms with E-state index in [-0.39, 0.29) is 5.91 Å². The minimum Gasteiger partial charge on any atom is -0.340 e. The molecular weight excluding hydrogens is 316 g/mol. The normalized spacial score (nSPS) is 10.7. The monoisotopic (exact) mass is 330 g/mol. The van der Waals surface area contributed by atoms with Gasteiger partial charge in [-0.05, 0) is 36.8 Å². The average molecular weight is 331 g/mol. The van der Waals surface area contributed by atoms with E-state index in [1.54, 1.807) is 42.0 Å². The third-order valence-electron chi connectivity index (χ3n) is 3.32. The molecule has 0 aliphatic rings. The van der Waals surface area contributed by atoms with E-state index < -0.39 is 0 Å². The molecule has 118 valence electrons. The van der Waals surface area contributed by atoms with Crippen LogP contribution in [0.5, 0.6) is 0 Å². The Kier molecular flexibility index (Phi) is 4.16. The van der Waals surface area contributed by atoms with Gasteiger partial charge in [0.25, 0.3) is 5.91 Å². The predicted octanol–water partition coefficient (Wildman–Crippen LogP) is 3.44. The van der Waals surface area contributed by atoms with Crippen LogP contribution in [0.15, 0.2) is 41.1 Å². The van der Waals surface area contributed by atoms with E-state index in [0.29, 0.717) is 34.7 Å². The molecule has 0 aliphatic carbocycles. The molecule has 1 aromatic carbocycles. The first-order valence-electron chi connectivity index (χ1n) is 7.05. The number of carbonyl (C=O) groups is 1. The van der Waals surface area contributed by atoms with Crippen LogP contribution in [0.3, 0.4) is 0 Å². The number of hydrogen-bond acceptors (Lipinski definition) is 4. The van der Waals surface area contributed by atoms with Crippen LogP contribution >= 0.6 is 11.6 Å². The standard InChI is InChI=1S/C16H15ClN4O2/c1-10-5-6-13(12(17)8-10)19-16(22)14-4-3-7-21(14)9-15-18-11(2)23-20-15/h3-8H,9H2,1-2H3,(H,19,22). The first-order chi connectivity index (χ1) is 11.0. The topological polar surface area (TPSA) is 73.0 Å². The molecule has 23 heavy (non-hydrogen) atoms. The Morgan fingerprint density at radius 1 is 1.35 bits per heavy atom. The summed E-state index contributed by atoms with van der Waals surface area (Å²) in [6, 6.07) is 9.00. The van der Waals surface area contributed by atoms with Crippen LogP contribution in [0.2, 0.25) is 5.02 Å². The van der Waals surface area contributed by atoms with Gasteiger partial charge in [0, 0.05) is 13.1 Å². The number of halogens is 1. The molecule has 0 fully saturated rings. The van der Waals surface area contributed by atoms with Crippen molar-refractivity contribution in [2.75, 3.05) is 5.32 Å². The third kappa shape index (κ3) is 3.43. The van der Waals surface area contributed by atoms with Gasteiger partial charge < -0.3 is 14.4 Å². The molecule has 0 unspecified atom stereocenters. The molecule has 0 bridgehead atoms. The summed E-state index contributed by atoms with van der Waals surface area (Å²) < 4.78 is 6.70. The highest BCUT2D eigenvalue weighted by Crippen LogP contribution is 2.23. The van der Waals surface area contributed by atoms with Crippen molar-refractivity contribution < 1.29 is 9.32 Å². The van der Waals surface area contributed by atoms with Crippen LogP contribution in [0, 0.1) is 13.8 Å². The minimum absolute atomic E-state index is 0.249. The third-order valence-corrected chi connectivity index (χ3v) is 3.63. The molecule has 0 saturated carbocycles. The molecule has 0 radical (unpaired) electrons. The zero-order valence-electron chi connectivity index (χ0n) is 12.7. The molecule has 2 aromatic heterocycles. The Labute approximate surface area is 138 Å². The van der Waals surface area contributed by atoms with E-state index in [0.717, 1.165) is 5.56 Å². The Morgan fingerprint density at radius 2 is 2.17 bits per heavy atom. The summed E-state index contributed by atoms with van der Waals surface area (Å²) in [5.74, 6) is 0.756. The van der Waals surface area contributed by atoms with Crippen LogP contribution in [0.1, 0.15) is 27.8 Å². The van der Waals surface area contributed by atoms with Crippen molar-refractivity contribution in [2.45, 2.75) is 20.4 Å². The molecule has 0 spiro atoms. The van der Waals surface area contributed by atoms with Crippen molar-refractivity contribution in [3.8, 4) is 0 Å². The molecule has 0 aliphatic heterocycles. The van der Waals surface area contributed by atoms with Crippen molar-refractivity contribution in [2.24, 2.45) is 0 Å². The number of aryl methyl sites for hydroxylation is 2. The van der Waals surface area contributed by atoms with Crippen LogP contribution in [-0.2, 0) is 6.54 Å². The molecule has 0 atom stereocenters. The van der Waals surface area contributed by atoms with Gasteiger partial charge in [0.2, 0.25) is 5.89 Å². The molecular formula is C16H15ClN4O2. The first-order valence-corrected chi connectivity index (χ1v) is 7.42. The largest absolute Gasteiger partial charge is 0.340 e. The van der Waals surface area contributed by atoms with Crippen LogP contribution in [0.25, 0.3) is 0 Å². The Bertz CT molecular complexity index is 853. The van der Waals surface area contributed by atoms with Gasteiger partial charge >= 0.3 is 0 Å². The van der Waals surface area contributed by atoms with Gasteiger partial charge in [0.1, 0.15) is 5.69 Å². The quantitative estimate of drug-likeness (QED) is 0.795. The highest BCUT2D eigenvalue weighted by Gasteiger charge is 2.14. The van der Waals surface area contributed by atoms with E-state index in [9.17, 15) is 4.79 Å². The number of benzene rings is 1. The Balaban J connectivity index is 1.79. The summed E-state index contributed by atoms with van der Waals surface area (Å²) in [4.78, 5) is 16.6. The maximum atomic E-state index is 12.5. The molecule has 0 saturated heterocycles. The fourth-order valence-corrected chi connectivity index (χ4v) is 2.51. The van der Waals surface area contributed by atoms with Crippen LogP contribution < -0.4 is 5.32 Å². The molecule has 2 heterocycles. The number of aromatic nitrogens is 3. The number of amides is 1. The second-order valence-electron chi connectivity index (χ2n) is 5.19. The van der Waals surface area contributed by atoms with Crippen LogP contribution in [-0.4, -0.2) is 20.6 Å². The lowest BCUT2D eigenvalue weighted by molar-refractivity contribution is 0.101. The van der Waals surface area contributed by atoms with E-state index in [2.05, 4.69) is 15.5 Å². The summed E-state index contributed by atoms with van der Waals surface area (Å²) in [7, 11) is 0. The van der Waals surface area contributed by atoms with Crippen molar-refractivity contribution in [3.05, 3.63) is 64.5 Å². The maximum Gasteiger partial charge on any atom is 0.272 e. The highest BCUT2D eigenvalue weighted by molar-refractivity contribution is 6.34. The van der Waals surface area contributed by atoms with Gasteiger partial charge in [-0.3, -0.25) is 4.79 Å². The van der Waals surface area contributed by atoms with E-state index in [1.807, 2.05) is 13.0 Å². The number of nitrogens with zero attached hydrogens (tertiary/aromatic N) is 3. The molecule has 3 aromatic rings. The zero-order valence-corrected chi connectivity index (χ0v) is 13.5. The van der Waals surface area contributed by atoms with Gasteiger partial charge in [0.05, 0.1) is 17.3 Å². The number of rotatable bonds is 4. The minimum atomic E-state index is -0.249. The van der Waals surface area contributed by atoms with E-state index in [1.165, 1.54) is 0 Å². The molecule has 3 rings (SSSR count). The summed E-state index contributed by atoms with van der Waals surface area (Å²) >= 11 is 6.15. The second kappa shape index (κ2) is 6.26. The predicted molar refractivity (Wildman–Crippen MR) is 86.7 cm³/mol. The van der Waals surface area contributed by atoms with Crippen molar-refractivity contribution >= 4 is 23.2 Å². The van der Waals surface area contributed by atoms with Gasteiger partial charge in [0.15, 0.2) is 5.82 Å². The average Bonchev–Trinajstić information content (AvgIpc) is 3.11. The fourth-order valence-electron chi connectivity index (χ4n) is 2.22. The lowest BCUT2D eigenvalue weighted by Gasteiger charge is -2.10. The number of hydrogen-bond donors (Lipinski definition) is 1. The van der Waals surface area contributed by atoms with Gasteiger partial charge in [-0.25, -0.2) is 0 Å². The van der Waals surface area contributed by atoms with Gasteiger partial charge in [-0.1, -0.05) is 22.8 Å². The lowest BCUT2D eigenvalue weighted by Crippen LogP contribution is -2.17. The van der Waals surface area contributed by atoms with Gasteiger partial charge in [-0.2, -0.15) is 4.98 Å². The van der Waals surface area contributed by atoms with Crippen molar-refractivity contribution in [1.29, 1.82) is 0 Å². The van der Waals surface area contributed by atoms with E-state index in [4.69, 9.17) is 16.1 Å². The lowest BCUT2D eigenvalue weighted by atomic mass is 10.2. The summed E-state index contributed by atoms with van der Waals surface area (Å²) in [6.45, 7) is 4.02. The van der Waals surface area contributed by atoms with Crippen molar-refractivity contribution in [3.63, 3.8) is 0 Å². The number of carbonyl (C=O) groups excluding carboxylic acids is 1. The summed E-state index contributed by atoms with van der Waals surface area (Å²) in [6.07, 6.45) is 1.79. The first kappa shape index (κ1) is 15.3. The zero-order chi connectivity index (χ0) is 16.4. The maximum absolute atomic E-state index is 12.5. The summed E-state index contributed by atoms with van der Waals surface area (Å²) in [5.41, 5.74) is 2.10. The molecule has 7 heteroatoms. The fraction of sp³-hybridized carbons (Fsp3) is 0.188. The second-order valence-corrected chi connectivity index (χ2v) is 5.60. The SMILES string of the molecule is Cc1ccc(NC(=O)c2cccn2Cc2noc(C)n2)c(Cl)c1. The molecule has 6 nitrogen and oxygen atoms in total. The van der Waals surface area contributed by atoms with E-state index >= 15 is 0 Å². The highest BCUT2D eigenvalue weighted by atomic mass is 35.5. The number of anilines is 1. The molecule has 1 N–H and O–H groups in total. The Morgan fingerprint density at radius 3 is 2.87 bits per heavy atom.